The summed E-state index contributed by atoms with van der Waals surface area (Å²) in [6.07, 6.45) is 0. The number of carbonyl (C=O) groups is 2. The Hall–Kier alpha value is -2.92. The van der Waals surface area contributed by atoms with Crippen LogP contribution in [0.5, 0.6) is 0 Å². The van der Waals surface area contributed by atoms with Gasteiger partial charge in [0.15, 0.2) is 5.78 Å². The molecule has 132 valence electrons. The van der Waals surface area contributed by atoms with Crippen LogP contribution < -0.4 is 10.6 Å². The van der Waals surface area contributed by atoms with Crippen molar-refractivity contribution in [2.45, 2.75) is 13.0 Å². The van der Waals surface area contributed by atoms with Crippen LogP contribution in [-0.4, -0.2) is 18.2 Å². The number of amides is 1. The van der Waals surface area contributed by atoms with Crippen molar-refractivity contribution in [3.63, 3.8) is 0 Å². The first-order chi connectivity index (χ1) is 12.6. The minimum absolute atomic E-state index is 0.0240. The van der Waals surface area contributed by atoms with Crippen LogP contribution in [-0.2, 0) is 4.79 Å². The summed E-state index contributed by atoms with van der Waals surface area (Å²) in [5.41, 5.74) is 2.51. The molecule has 0 bridgehead atoms. The van der Waals surface area contributed by atoms with Gasteiger partial charge in [-0.2, -0.15) is 0 Å². The Kier molecular flexibility index (Phi) is 5.81. The van der Waals surface area contributed by atoms with Crippen LogP contribution in [0.25, 0.3) is 0 Å². The molecule has 5 heteroatoms. The first kappa shape index (κ1) is 17.9. The van der Waals surface area contributed by atoms with Gasteiger partial charge in [0.05, 0.1) is 12.6 Å². The molecule has 0 spiro atoms. The minimum Gasteiger partial charge on any atom is -0.376 e. The molecule has 1 aromatic heterocycles. The fraction of sp³-hybridized carbons (Fsp3) is 0.143. The largest absolute Gasteiger partial charge is 0.376 e. The maximum absolute atomic E-state index is 12.4. The molecule has 3 aromatic rings. The Morgan fingerprint density at radius 2 is 1.69 bits per heavy atom. The Labute approximate surface area is 156 Å². The minimum atomic E-state index is -0.161. The van der Waals surface area contributed by atoms with Crippen molar-refractivity contribution in [2.75, 3.05) is 11.9 Å². The number of nitrogens with one attached hydrogen (secondary N) is 2. The van der Waals surface area contributed by atoms with Gasteiger partial charge in [0.2, 0.25) is 5.91 Å². The Balaban J connectivity index is 1.64. The number of thiophene rings is 1. The van der Waals surface area contributed by atoms with E-state index in [4.69, 9.17) is 0 Å². The van der Waals surface area contributed by atoms with Crippen molar-refractivity contribution < 1.29 is 9.59 Å². The Morgan fingerprint density at radius 3 is 2.31 bits per heavy atom. The fourth-order valence-electron chi connectivity index (χ4n) is 2.64. The number of rotatable bonds is 7. The van der Waals surface area contributed by atoms with Crippen LogP contribution in [0.15, 0.2) is 72.1 Å². The first-order valence-corrected chi connectivity index (χ1v) is 9.24. The highest BCUT2D eigenvalue weighted by Gasteiger charge is 2.17. The molecular weight excluding hydrogens is 344 g/mol. The van der Waals surface area contributed by atoms with E-state index in [9.17, 15) is 9.59 Å². The van der Waals surface area contributed by atoms with E-state index in [0.29, 0.717) is 5.56 Å². The van der Waals surface area contributed by atoms with Crippen molar-refractivity contribution in [1.82, 2.24) is 5.32 Å². The van der Waals surface area contributed by atoms with Gasteiger partial charge in [0.25, 0.3) is 0 Å². The molecule has 0 fully saturated rings. The number of hydrogen-bond acceptors (Lipinski definition) is 4. The second-order valence-corrected chi connectivity index (χ2v) is 6.89. The van der Waals surface area contributed by atoms with Crippen molar-refractivity contribution in [2.24, 2.45) is 0 Å². The number of benzene rings is 2. The average molecular weight is 364 g/mol. The molecule has 0 radical (unpaired) electrons. The smallest absolute Gasteiger partial charge is 0.240 e. The monoisotopic (exact) mass is 364 g/mol. The molecule has 4 nitrogen and oxygen atoms in total. The molecule has 0 aliphatic heterocycles. The predicted molar refractivity (Wildman–Crippen MR) is 106 cm³/mol. The lowest BCUT2D eigenvalue weighted by Crippen LogP contribution is -2.33. The molecule has 1 heterocycles. The van der Waals surface area contributed by atoms with Gasteiger partial charge in [-0.25, -0.2) is 0 Å². The molecule has 0 saturated carbocycles. The average Bonchev–Trinajstić information content (AvgIpc) is 3.20. The van der Waals surface area contributed by atoms with Crippen molar-refractivity contribution >= 4 is 28.7 Å². The van der Waals surface area contributed by atoms with Crippen LogP contribution >= 0.6 is 11.3 Å². The lowest BCUT2D eigenvalue weighted by Gasteiger charge is -2.18. The fourth-order valence-corrected chi connectivity index (χ4v) is 3.44. The van der Waals surface area contributed by atoms with Gasteiger partial charge in [-0.1, -0.05) is 36.4 Å². The number of hydrogen-bond donors (Lipinski definition) is 2. The summed E-state index contributed by atoms with van der Waals surface area (Å²) in [6.45, 7) is 1.69. The van der Waals surface area contributed by atoms with E-state index in [0.717, 1.165) is 16.1 Å². The molecule has 2 N–H and O–H groups in total. The molecule has 0 saturated heterocycles. The van der Waals surface area contributed by atoms with Gasteiger partial charge in [-0.3, -0.25) is 9.59 Å². The summed E-state index contributed by atoms with van der Waals surface area (Å²) in [6, 6.07) is 20.9. The Morgan fingerprint density at radius 1 is 0.962 bits per heavy atom. The van der Waals surface area contributed by atoms with Crippen LogP contribution in [0.3, 0.4) is 0 Å². The third-order valence-electron chi connectivity index (χ3n) is 4.01. The van der Waals surface area contributed by atoms with Gasteiger partial charge in [0.1, 0.15) is 0 Å². The van der Waals surface area contributed by atoms with E-state index in [-0.39, 0.29) is 24.3 Å². The topological polar surface area (TPSA) is 58.2 Å². The van der Waals surface area contributed by atoms with Crippen LogP contribution in [0.2, 0.25) is 0 Å². The summed E-state index contributed by atoms with van der Waals surface area (Å²) in [4.78, 5) is 24.8. The van der Waals surface area contributed by atoms with E-state index in [2.05, 4.69) is 10.6 Å². The van der Waals surface area contributed by atoms with E-state index >= 15 is 0 Å². The maximum Gasteiger partial charge on any atom is 0.240 e. The lowest BCUT2D eigenvalue weighted by molar-refractivity contribution is -0.119. The number of carbonyl (C=O) groups excluding carboxylic acids is 2. The van der Waals surface area contributed by atoms with Gasteiger partial charge >= 0.3 is 0 Å². The first-order valence-electron chi connectivity index (χ1n) is 8.36. The molecule has 26 heavy (non-hydrogen) atoms. The second-order valence-electron chi connectivity index (χ2n) is 5.91. The van der Waals surface area contributed by atoms with Crippen molar-refractivity contribution in [3.05, 3.63) is 88.1 Å². The van der Waals surface area contributed by atoms with Crippen LogP contribution in [0.4, 0.5) is 5.69 Å². The molecule has 0 aliphatic carbocycles. The van der Waals surface area contributed by atoms with E-state index in [1.165, 1.54) is 6.92 Å². The summed E-state index contributed by atoms with van der Waals surface area (Å²) in [7, 11) is 0. The standard InChI is InChI=1S/C21H20N2O2S/c1-15(24)16-9-11-18(12-10-16)22-14-20(25)23-21(19-8-5-13-26-19)17-6-3-2-4-7-17/h2-13,21-22H,14H2,1H3,(H,23,25)/t21-/m0/s1. The number of Topliss-reactive ketones (excluding diaryl/α,β-unsaturated/α-hetero) is 1. The van der Waals surface area contributed by atoms with Gasteiger partial charge in [0, 0.05) is 16.1 Å². The van der Waals surface area contributed by atoms with Gasteiger partial charge < -0.3 is 10.6 Å². The maximum atomic E-state index is 12.4. The third kappa shape index (κ3) is 4.58. The van der Waals surface area contributed by atoms with E-state index < -0.39 is 0 Å². The molecule has 3 rings (SSSR count). The quantitative estimate of drug-likeness (QED) is 0.616. The van der Waals surface area contributed by atoms with Crippen LogP contribution in [0.1, 0.15) is 33.8 Å². The highest BCUT2D eigenvalue weighted by Crippen LogP contribution is 2.25. The van der Waals surface area contributed by atoms with E-state index in [1.54, 1.807) is 35.6 Å². The lowest BCUT2D eigenvalue weighted by atomic mass is 10.1. The zero-order valence-corrected chi connectivity index (χ0v) is 15.3. The molecule has 0 aliphatic rings. The molecule has 0 unspecified atom stereocenters. The highest BCUT2D eigenvalue weighted by atomic mass is 32.1. The third-order valence-corrected chi connectivity index (χ3v) is 4.95. The van der Waals surface area contributed by atoms with E-state index in [1.807, 2.05) is 47.8 Å². The molecule has 1 amide bonds. The summed E-state index contributed by atoms with van der Waals surface area (Å²) in [5, 5.41) is 8.19. The predicted octanol–water partition coefficient (Wildman–Crippen LogP) is 4.27. The Bertz CT molecular complexity index is 859. The van der Waals surface area contributed by atoms with Crippen molar-refractivity contribution in [1.29, 1.82) is 0 Å². The normalized spacial score (nSPS) is 11.6. The zero-order chi connectivity index (χ0) is 18.4. The van der Waals surface area contributed by atoms with Gasteiger partial charge in [-0.05, 0) is 48.2 Å². The van der Waals surface area contributed by atoms with Gasteiger partial charge in [-0.15, -0.1) is 11.3 Å². The second kappa shape index (κ2) is 8.45. The van der Waals surface area contributed by atoms with Crippen LogP contribution in [0, 0.1) is 0 Å². The molecular formula is C21H20N2O2S. The molecule has 1 atom stereocenters. The summed E-state index contributed by atoms with van der Waals surface area (Å²) in [5.74, 6) is -0.0705. The highest BCUT2D eigenvalue weighted by molar-refractivity contribution is 7.10. The molecule has 2 aromatic carbocycles. The number of anilines is 1. The summed E-state index contributed by atoms with van der Waals surface area (Å²) >= 11 is 1.62. The summed E-state index contributed by atoms with van der Waals surface area (Å²) < 4.78 is 0. The zero-order valence-electron chi connectivity index (χ0n) is 14.4. The SMILES string of the molecule is CC(=O)c1ccc(NCC(=O)N[C@@H](c2ccccc2)c2cccs2)cc1. The van der Waals surface area contributed by atoms with Crippen molar-refractivity contribution in [3.8, 4) is 0 Å². The number of ketones is 1.